The number of aromatic nitrogens is 5. The molecule has 26 heavy (non-hydrogen) atoms. The maximum atomic E-state index is 4.74. The molecular formula is C19H21N5S2. The summed E-state index contributed by atoms with van der Waals surface area (Å²) >= 11 is 3.70. The maximum absolute atomic E-state index is 4.74. The fraction of sp³-hybridized carbons (Fsp3) is 0.579. The zero-order valence-corrected chi connectivity index (χ0v) is 16.2. The molecule has 0 N–H and O–H groups in total. The molecule has 5 nitrogen and oxygen atoms in total. The summed E-state index contributed by atoms with van der Waals surface area (Å²) in [5.41, 5.74) is 0.905. The van der Waals surface area contributed by atoms with Gasteiger partial charge in [-0.2, -0.15) is 9.61 Å². The zero-order valence-electron chi connectivity index (χ0n) is 14.5. The van der Waals surface area contributed by atoms with Crippen LogP contribution in [0.25, 0.3) is 15.7 Å². The van der Waals surface area contributed by atoms with Crippen LogP contribution in [0.4, 0.5) is 0 Å². The standard InChI is InChI=1S/C19H21N5S2/c1-2-4-20-15(3-1)17-23-24-16(21-22-18(24)26-17)11-25-19-8-12-5-13(9-19)7-14(6-12)10-19/h1-4,12-14H,5-11H2. The molecule has 4 aliphatic rings. The molecule has 4 fully saturated rings. The van der Waals surface area contributed by atoms with Crippen molar-refractivity contribution >= 4 is 28.1 Å². The molecular weight excluding hydrogens is 362 g/mol. The van der Waals surface area contributed by atoms with Crippen LogP contribution in [0.3, 0.4) is 0 Å². The number of thioether (sulfide) groups is 1. The summed E-state index contributed by atoms with van der Waals surface area (Å²) in [5.74, 6) is 4.87. The van der Waals surface area contributed by atoms with Crippen molar-refractivity contribution in [3.8, 4) is 10.7 Å². The lowest BCUT2D eigenvalue weighted by atomic mass is 9.56. The van der Waals surface area contributed by atoms with Crippen LogP contribution in [0.5, 0.6) is 0 Å². The molecule has 0 saturated heterocycles. The summed E-state index contributed by atoms with van der Waals surface area (Å²) in [5, 5.41) is 14.4. The third-order valence-corrected chi connectivity index (χ3v) is 8.87. The van der Waals surface area contributed by atoms with E-state index in [0.29, 0.717) is 4.75 Å². The molecule has 3 heterocycles. The fourth-order valence-electron chi connectivity index (χ4n) is 5.77. The highest BCUT2D eigenvalue weighted by molar-refractivity contribution is 7.99. The van der Waals surface area contributed by atoms with E-state index in [0.717, 1.165) is 45.0 Å². The van der Waals surface area contributed by atoms with Crippen LogP contribution in [0.15, 0.2) is 24.4 Å². The van der Waals surface area contributed by atoms with E-state index in [1.54, 1.807) is 11.3 Å². The van der Waals surface area contributed by atoms with E-state index in [9.17, 15) is 0 Å². The third kappa shape index (κ3) is 2.51. The average Bonchev–Trinajstić information content (AvgIpc) is 3.21. The first-order chi connectivity index (χ1) is 12.8. The summed E-state index contributed by atoms with van der Waals surface area (Å²) in [6.45, 7) is 0. The van der Waals surface area contributed by atoms with E-state index in [2.05, 4.69) is 26.9 Å². The Morgan fingerprint density at radius 2 is 1.85 bits per heavy atom. The summed E-state index contributed by atoms with van der Waals surface area (Å²) in [4.78, 5) is 5.27. The van der Waals surface area contributed by atoms with Crippen molar-refractivity contribution in [1.82, 2.24) is 24.8 Å². The van der Waals surface area contributed by atoms with Gasteiger partial charge < -0.3 is 0 Å². The molecule has 0 unspecified atom stereocenters. The van der Waals surface area contributed by atoms with Gasteiger partial charge >= 0.3 is 0 Å². The summed E-state index contributed by atoms with van der Waals surface area (Å²) in [7, 11) is 0. The topological polar surface area (TPSA) is 56.0 Å². The first-order valence-electron chi connectivity index (χ1n) is 9.53. The Morgan fingerprint density at radius 3 is 2.54 bits per heavy atom. The van der Waals surface area contributed by atoms with Crippen LogP contribution in [-0.2, 0) is 5.75 Å². The smallest absolute Gasteiger partial charge is 0.235 e. The van der Waals surface area contributed by atoms with Gasteiger partial charge in [-0.15, -0.1) is 22.0 Å². The minimum Gasteiger partial charge on any atom is -0.254 e. The molecule has 7 heteroatoms. The molecule has 0 aliphatic heterocycles. The molecule has 0 aromatic carbocycles. The van der Waals surface area contributed by atoms with E-state index in [1.807, 2.05) is 28.9 Å². The molecule has 4 aliphatic carbocycles. The second-order valence-corrected chi connectivity index (χ2v) is 10.7. The molecule has 7 rings (SSSR count). The molecule has 0 radical (unpaired) electrons. The molecule has 0 amide bonds. The second kappa shape index (κ2) is 5.76. The van der Waals surface area contributed by atoms with Crippen LogP contribution in [0.2, 0.25) is 0 Å². The van der Waals surface area contributed by atoms with Crippen LogP contribution in [0.1, 0.15) is 44.3 Å². The Balaban J connectivity index is 1.25. The molecule has 134 valence electrons. The Hall–Kier alpha value is -1.47. The Morgan fingerprint density at radius 1 is 1.08 bits per heavy atom. The highest BCUT2D eigenvalue weighted by atomic mass is 32.2. The lowest BCUT2D eigenvalue weighted by molar-refractivity contribution is 0.0383. The first-order valence-corrected chi connectivity index (χ1v) is 11.3. The van der Waals surface area contributed by atoms with E-state index in [-0.39, 0.29) is 0 Å². The van der Waals surface area contributed by atoms with Crippen molar-refractivity contribution in [1.29, 1.82) is 0 Å². The minimum atomic E-state index is 0.500. The van der Waals surface area contributed by atoms with E-state index < -0.39 is 0 Å². The molecule has 4 saturated carbocycles. The number of pyridine rings is 1. The third-order valence-electron chi connectivity index (χ3n) is 6.43. The quantitative estimate of drug-likeness (QED) is 0.666. The Kier molecular flexibility index (Phi) is 3.45. The van der Waals surface area contributed by atoms with Gasteiger partial charge in [-0.3, -0.25) is 4.98 Å². The van der Waals surface area contributed by atoms with Gasteiger partial charge in [0, 0.05) is 10.9 Å². The first kappa shape index (κ1) is 15.6. The van der Waals surface area contributed by atoms with E-state index in [1.165, 1.54) is 38.5 Å². The molecule has 3 aromatic rings. The van der Waals surface area contributed by atoms with Gasteiger partial charge in [0.05, 0.1) is 5.75 Å². The predicted octanol–water partition coefficient (Wildman–Crippen LogP) is 4.45. The van der Waals surface area contributed by atoms with Crippen molar-refractivity contribution < 1.29 is 0 Å². The second-order valence-electron chi connectivity index (χ2n) is 8.32. The van der Waals surface area contributed by atoms with Gasteiger partial charge in [0.15, 0.2) is 10.8 Å². The Bertz CT molecular complexity index is 912. The van der Waals surface area contributed by atoms with Gasteiger partial charge in [0.25, 0.3) is 0 Å². The van der Waals surface area contributed by atoms with Crippen LogP contribution in [0, 0.1) is 17.8 Å². The van der Waals surface area contributed by atoms with Crippen molar-refractivity contribution in [2.24, 2.45) is 17.8 Å². The lowest BCUT2D eigenvalue weighted by Gasteiger charge is -2.56. The van der Waals surface area contributed by atoms with Gasteiger partial charge in [-0.1, -0.05) is 17.4 Å². The largest absolute Gasteiger partial charge is 0.254 e. The number of nitrogens with zero attached hydrogens (tertiary/aromatic N) is 5. The molecule has 4 bridgehead atoms. The van der Waals surface area contributed by atoms with E-state index >= 15 is 0 Å². The average molecular weight is 384 g/mol. The van der Waals surface area contributed by atoms with Crippen LogP contribution < -0.4 is 0 Å². The maximum Gasteiger partial charge on any atom is 0.235 e. The van der Waals surface area contributed by atoms with E-state index in [4.69, 9.17) is 5.10 Å². The number of rotatable bonds is 4. The lowest BCUT2D eigenvalue weighted by Crippen LogP contribution is -2.48. The fourth-order valence-corrected chi connectivity index (χ4v) is 8.28. The Labute approximate surface area is 160 Å². The monoisotopic (exact) mass is 383 g/mol. The normalized spacial score (nSPS) is 32.5. The summed E-state index contributed by atoms with van der Waals surface area (Å²) in [6.07, 6.45) is 10.5. The van der Waals surface area contributed by atoms with Crippen molar-refractivity contribution in [2.75, 3.05) is 0 Å². The SMILES string of the molecule is c1ccc(-c2nn3c(CSC45CC6CC(CC(C6)C4)C5)nnc3s2)nc1. The van der Waals surface area contributed by atoms with Crippen molar-refractivity contribution in [3.05, 3.63) is 30.2 Å². The van der Waals surface area contributed by atoms with Crippen molar-refractivity contribution in [3.63, 3.8) is 0 Å². The van der Waals surface area contributed by atoms with Gasteiger partial charge in [-0.25, -0.2) is 0 Å². The number of fused-ring (bicyclic) bond motifs is 1. The van der Waals surface area contributed by atoms with Crippen LogP contribution >= 0.6 is 23.1 Å². The minimum absolute atomic E-state index is 0.500. The molecule has 3 aromatic heterocycles. The van der Waals surface area contributed by atoms with Crippen molar-refractivity contribution in [2.45, 2.75) is 49.0 Å². The van der Waals surface area contributed by atoms with Gasteiger partial charge in [0.1, 0.15) is 5.69 Å². The highest BCUT2D eigenvalue weighted by Crippen LogP contribution is 2.61. The molecule has 0 spiro atoms. The number of hydrogen-bond donors (Lipinski definition) is 0. The summed E-state index contributed by atoms with van der Waals surface area (Å²) < 4.78 is 2.43. The number of hydrogen-bond acceptors (Lipinski definition) is 6. The zero-order chi connectivity index (χ0) is 17.1. The molecule has 0 atom stereocenters. The van der Waals surface area contributed by atoms with Gasteiger partial charge in [0.2, 0.25) is 4.96 Å². The predicted molar refractivity (Wildman–Crippen MR) is 104 cm³/mol. The highest BCUT2D eigenvalue weighted by Gasteiger charge is 2.51. The summed E-state index contributed by atoms with van der Waals surface area (Å²) in [6, 6.07) is 5.92. The van der Waals surface area contributed by atoms with Crippen LogP contribution in [-0.4, -0.2) is 29.5 Å². The van der Waals surface area contributed by atoms with Gasteiger partial charge in [-0.05, 0) is 68.4 Å².